The highest BCUT2D eigenvalue weighted by molar-refractivity contribution is 5.94. The summed E-state index contributed by atoms with van der Waals surface area (Å²) in [5.74, 6) is -1.93. The first-order valence-corrected chi connectivity index (χ1v) is 13.3. The van der Waals surface area contributed by atoms with Crippen LogP contribution in [-0.4, -0.2) is 77.4 Å². The molecule has 0 radical (unpaired) electrons. The van der Waals surface area contributed by atoms with Crippen molar-refractivity contribution >= 4 is 29.6 Å². The number of hydrogen-bond acceptors (Lipinski definition) is 7. The zero-order valence-corrected chi connectivity index (χ0v) is 22.3. The summed E-state index contributed by atoms with van der Waals surface area (Å²) in [5, 5.41) is 14.6. The molecule has 2 rings (SSSR count). The van der Waals surface area contributed by atoms with Gasteiger partial charge in [-0.25, -0.2) is 0 Å². The summed E-state index contributed by atoms with van der Waals surface area (Å²) < 4.78 is 0. The minimum atomic E-state index is -0.956. The maximum absolute atomic E-state index is 13.3. The number of carbonyl (C=O) groups is 4. The van der Waals surface area contributed by atoms with Crippen molar-refractivity contribution in [1.82, 2.24) is 15.5 Å². The number of unbranched alkanes of at least 4 members (excludes halogenated alkanes) is 1. The topological polar surface area (TPSA) is 232 Å². The van der Waals surface area contributed by atoms with Crippen molar-refractivity contribution in [3.05, 3.63) is 35.4 Å². The Hall–Kier alpha value is -3.71. The fourth-order valence-corrected chi connectivity index (χ4v) is 4.47. The summed E-state index contributed by atoms with van der Waals surface area (Å²) in [5.41, 5.74) is 23.2. The van der Waals surface area contributed by atoms with E-state index in [2.05, 4.69) is 15.6 Å². The van der Waals surface area contributed by atoms with Crippen molar-refractivity contribution in [2.24, 2.45) is 27.9 Å². The Morgan fingerprint density at radius 1 is 0.974 bits per heavy atom. The smallest absolute Gasteiger partial charge is 0.243 e. The summed E-state index contributed by atoms with van der Waals surface area (Å²) in [4.78, 5) is 56.8. The summed E-state index contributed by atoms with van der Waals surface area (Å²) in [7, 11) is 0. The number of nitrogens with two attached hydrogens (primary N) is 4. The van der Waals surface area contributed by atoms with Crippen molar-refractivity contribution < 1.29 is 24.3 Å². The second-order valence-corrected chi connectivity index (χ2v) is 9.65. The van der Waals surface area contributed by atoms with Crippen LogP contribution < -0.4 is 33.6 Å². The maximum Gasteiger partial charge on any atom is 0.243 e. The van der Waals surface area contributed by atoms with Gasteiger partial charge in [0.25, 0.3) is 0 Å². The summed E-state index contributed by atoms with van der Waals surface area (Å²) >= 11 is 0. The number of nitrogens with zero attached hydrogens (tertiary/aromatic N) is 2. The molecule has 11 N–H and O–H groups in total. The molecule has 1 fully saturated rings. The number of aliphatic hydroxyl groups excluding tert-OH is 1. The van der Waals surface area contributed by atoms with Crippen molar-refractivity contribution in [3.8, 4) is 0 Å². The van der Waals surface area contributed by atoms with Crippen LogP contribution in [0, 0.1) is 0 Å². The molecule has 1 heterocycles. The van der Waals surface area contributed by atoms with E-state index >= 15 is 0 Å². The lowest BCUT2D eigenvalue weighted by molar-refractivity contribution is -0.139. The molecule has 4 amide bonds. The normalized spacial score (nSPS) is 16.3. The van der Waals surface area contributed by atoms with Crippen LogP contribution in [0.1, 0.15) is 56.1 Å². The van der Waals surface area contributed by atoms with E-state index in [0.29, 0.717) is 51.6 Å². The van der Waals surface area contributed by atoms with Gasteiger partial charge in [-0.1, -0.05) is 24.3 Å². The average Bonchev–Trinajstić information content (AvgIpc) is 3.40. The maximum atomic E-state index is 13.3. The molecule has 0 aliphatic carbocycles. The van der Waals surface area contributed by atoms with Crippen LogP contribution in [0.15, 0.2) is 29.3 Å². The summed E-state index contributed by atoms with van der Waals surface area (Å²) in [6.45, 7) is 1.06. The highest BCUT2D eigenvalue weighted by Gasteiger charge is 2.36. The van der Waals surface area contributed by atoms with E-state index in [0.717, 1.165) is 11.1 Å². The number of rotatable bonds is 16. The third-order valence-electron chi connectivity index (χ3n) is 6.62. The number of aliphatic hydroxyl groups is 1. The van der Waals surface area contributed by atoms with E-state index in [1.165, 1.54) is 0 Å². The fourth-order valence-electron chi connectivity index (χ4n) is 4.47. The Bertz CT molecular complexity index is 997. The Kier molecular flexibility index (Phi) is 13.2. The molecule has 1 aromatic rings. The van der Waals surface area contributed by atoms with Gasteiger partial charge >= 0.3 is 0 Å². The van der Waals surface area contributed by atoms with Gasteiger partial charge in [0.1, 0.15) is 18.1 Å². The Morgan fingerprint density at radius 2 is 1.64 bits per heavy atom. The Morgan fingerprint density at radius 3 is 2.26 bits per heavy atom. The lowest BCUT2D eigenvalue weighted by Crippen LogP contribution is -2.56. The largest absolute Gasteiger partial charge is 0.392 e. The molecule has 39 heavy (non-hydrogen) atoms. The predicted octanol–water partition coefficient (Wildman–Crippen LogP) is -1.65. The molecule has 0 bridgehead atoms. The van der Waals surface area contributed by atoms with E-state index in [9.17, 15) is 24.3 Å². The number of aliphatic imine (C=N–C) groups is 1. The lowest BCUT2D eigenvalue weighted by Gasteiger charge is -2.27. The van der Waals surface area contributed by atoms with Crippen LogP contribution in [0.25, 0.3) is 0 Å². The van der Waals surface area contributed by atoms with E-state index in [1.54, 1.807) is 29.2 Å². The summed E-state index contributed by atoms with van der Waals surface area (Å²) in [6, 6.07) is 4.47. The first-order valence-electron chi connectivity index (χ1n) is 13.3. The average molecular weight is 547 g/mol. The first kappa shape index (κ1) is 31.5. The van der Waals surface area contributed by atoms with Gasteiger partial charge in [-0.05, 0) is 62.6 Å². The van der Waals surface area contributed by atoms with E-state index in [-0.39, 0.29) is 37.9 Å². The molecule has 0 spiro atoms. The molecule has 1 aliphatic heterocycles. The van der Waals surface area contributed by atoms with E-state index in [4.69, 9.17) is 22.9 Å². The van der Waals surface area contributed by atoms with Gasteiger partial charge in [-0.2, -0.15) is 0 Å². The molecular weight excluding hydrogens is 504 g/mol. The number of primary amides is 1. The minimum Gasteiger partial charge on any atom is -0.392 e. The first-order chi connectivity index (χ1) is 18.7. The predicted molar refractivity (Wildman–Crippen MR) is 147 cm³/mol. The van der Waals surface area contributed by atoms with Crippen LogP contribution in [0.5, 0.6) is 0 Å². The van der Waals surface area contributed by atoms with Crippen molar-refractivity contribution in [2.45, 2.75) is 76.1 Å². The standard InChI is InChI=1S/C26H42N8O5/c27-12-2-1-5-20(24(38)32-19(23(28)37)6-3-13-31-26(29)30)33-25(39)21-7-4-14-34(21)22(36)15-17-8-10-18(16-35)11-9-17/h8-11,19-21,35H,1-7,12-16,27H2,(H2,28,37)(H,32,38)(H,33,39)(H4,29,30,31)/t19?,20?,21-/m0/s1. The number of benzene rings is 1. The van der Waals surface area contributed by atoms with Crippen molar-refractivity contribution in [2.75, 3.05) is 19.6 Å². The fraction of sp³-hybridized carbons (Fsp3) is 0.577. The van der Waals surface area contributed by atoms with Crippen LogP contribution >= 0.6 is 0 Å². The van der Waals surface area contributed by atoms with Crippen LogP contribution in [0.2, 0.25) is 0 Å². The third kappa shape index (κ3) is 10.5. The van der Waals surface area contributed by atoms with Crippen LogP contribution in [0.3, 0.4) is 0 Å². The van der Waals surface area contributed by atoms with Gasteiger partial charge < -0.3 is 43.6 Å². The van der Waals surface area contributed by atoms with Crippen LogP contribution in [0.4, 0.5) is 0 Å². The molecule has 1 aliphatic rings. The zero-order chi connectivity index (χ0) is 28.8. The monoisotopic (exact) mass is 546 g/mol. The minimum absolute atomic E-state index is 0.0728. The SMILES string of the molecule is NCCCCC(NC(=O)[C@@H]1CCCN1C(=O)Cc1ccc(CO)cc1)C(=O)NC(CCCN=C(N)N)C(N)=O. The molecule has 2 unspecified atom stereocenters. The van der Waals surface area contributed by atoms with Gasteiger partial charge in [0.2, 0.25) is 23.6 Å². The molecule has 1 saturated heterocycles. The quantitative estimate of drug-likeness (QED) is 0.0719. The lowest BCUT2D eigenvalue weighted by atomic mass is 10.1. The Labute approximate surface area is 228 Å². The number of nitrogens with one attached hydrogen (secondary N) is 2. The molecule has 0 saturated carbocycles. The van der Waals surface area contributed by atoms with Crippen molar-refractivity contribution in [3.63, 3.8) is 0 Å². The second kappa shape index (κ2) is 16.3. The molecule has 0 aromatic heterocycles. The molecule has 216 valence electrons. The molecule has 13 heteroatoms. The number of hydrogen-bond donors (Lipinski definition) is 7. The van der Waals surface area contributed by atoms with Gasteiger partial charge in [-0.15, -0.1) is 0 Å². The number of guanidine groups is 1. The molecule has 3 atom stereocenters. The highest BCUT2D eigenvalue weighted by atomic mass is 16.3. The molecule has 1 aromatic carbocycles. The highest BCUT2D eigenvalue weighted by Crippen LogP contribution is 2.20. The summed E-state index contributed by atoms with van der Waals surface area (Å²) in [6.07, 6.45) is 3.45. The van der Waals surface area contributed by atoms with Gasteiger partial charge in [0, 0.05) is 13.1 Å². The van der Waals surface area contributed by atoms with Crippen LogP contribution in [-0.2, 0) is 32.2 Å². The third-order valence-corrected chi connectivity index (χ3v) is 6.62. The number of amides is 4. The molecular formula is C26H42N8O5. The number of carbonyl (C=O) groups excluding carboxylic acids is 4. The van der Waals surface area contributed by atoms with Gasteiger partial charge in [0.15, 0.2) is 5.96 Å². The van der Waals surface area contributed by atoms with Gasteiger partial charge in [0.05, 0.1) is 13.0 Å². The zero-order valence-electron chi connectivity index (χ0n) is 22.3. The van der Waals surface area contributed by atoms with E-state index in [1.807, 2.05) is 0 Å². The van der Waals surface area contributed by atoms with E-state index < -0.39 is 35.8 Å². The second-order valence-electron chi connectivity index (χ2n) is 9.65. The van der Waals surface area contributed by atoms with Gasteiger partial charge in [-0.3, -0.25) is 24.2 Å². The molecule has 13 nitrogen and oxygen atoms in total. The Balaban J connectivity index is 2.04. The van der Waals surface area contributed by atoms with Crippen molar-refractivity contribution in [1.29, 1.82) is 0 Å². The number of likely N-dealkylation sites (tertiary alicyclic amines) is 1.